The fourth-order valence-electron chi connectivity index (χ4n) is 3.03. The first kappa shape index (κ1) is 20.4. The minimum atomic E-state index is 0.399. The molecule has 26 heavy (non-hydrogen) atoms. The standard InChI is InChI=1S/C20H33N3O3/c1-4-21-20(23-13-10-17(11-14-23)25-5-2)22-12-7-15-26-19-9-6-8-18(16-19)24-3/h6,8-9,16-17H,4-5,7,10-15H2,1-3H3,(H,21,22). The van der Waals surface area contributed by atoms with Crippen LogP contribution >= 0.6 is 0 Å². The van der Waals surface area contributed by atoms with Gasteiger partial charge in [-0.05, 0) is 38.8 Å². The number of piperidine rings is 1. The second kappa shape index (κ2) is 11.6. The van der Waals surface area contributed by atoms with Gasteiger partial charge < -0.3 is 24.4 Å². The molecule has 1 aromatic carbocycles. The zero-order valence-corrected chi connectivity index (χ0v) is 16.4. The van der Waals surface area contributed by atoms with E-state index in [9.17, 15) is 0 Å². The van der Waals surface area contributed by atoms with Crippen molar-refractivity contribution in [2.45, 2.75) is 39.2 Å². The van der Waals surface area contributed by atoms with E-state index >= 15 is 0 Å². The molecule has 0 aliphatic carbocycles. The van der Waals surface area contributed by atoms with Gasteiger partial charge in [-0.1, -0.05) is 6.07 Å². The third-order valence-corrected chi connectivity index (χ3v) is 4.35. The lowest BCUT2D eigenvalue weighted by atomic mass is 10.1. The Morgan fingerprint density at radius 1 is 1.23 bits per heavy atom. The number of rotatable bonds is 9. The van der Waals surface area contributed by atoms with Crippen molar-refractivity contribution in [2.24, 2.45) is 4.99 Å². The van der Waals surface area contributed by atoms with Crippen LogP contribution in [0, 0.1) is 0 Å². The quantitative estimate of drug-likeness (QED) is 0.415. The second-order valence-electron chi connectivity index (χ2n) is 6.26. The maximum absolute atomic E-state index is 5.78. The minimum absolute atomic E-state index is 0.399. The summed E-state index contributed by atoms with van der Waals surface area (Å²) in [5.74, 6) is 2.65. The molecule has 1 aliphatic heterocycles. The van der Waals surface area contributed by atoms with E-state index in [4.69, 9.17) is 19.2 Å². The highest BCUT2D eigenvalue weighted by Gasteiger charge is 2.21. The van der Waals surface area contributed by atoms with E-state index in [-0.39, 0.29) is 0 Å². The fourth-order valence-corrected chi connectivity index (χ4v) is 3.03. The van der Waals surface area contributed by atoms with E-state index in [1.165, 1.54) is 0 Å². The van der Waals surface area contributed by atoms with Crippen LogP contribution in [0.1, 0.15) is 33.1 Å². The molecule has 1 N–H and O–H groups in total. The van der Waals surface area contributed by atoms with Crippen LogP contribution < -0.4 is 14.8 Å². The second-order valence-corrected chi connectivity index (χ2v) is 6.26. The van der Waals surface area contributed by atoms with Gasteiger partial charge in [-0.15, -0.1) is 0 Å². The number of guanidine groups is 1. The number of likely N-dealkylation sites (tertiary alicyclic amines) is 1. The summed E-state index contributed by atoms with van der Waals surface area (Å²) in [4.78, 5) is 7.09. The van der Waals surface area contributed by atoms with E-state index in [0.29, 0.717) is 12.7 Å². The van der Waals surface area contributed by atoms with Gasteiger partial charge in [0, 0.05) is 45.3 Å². The molecule has 6 heteroatoms. The highest BCUT2D eigenvalue weighted by molar-refractivity contribution is 5.80. The lowest BCUT2D eigenvalue weighted by Crippen LogP contribution is -2.47. The first-order valence-corrected chi connectivity index (χ1v) is 9.68. The number of hydrogen-bond acceptors (Lipinski definition) is 4. The predicted molar refractivity (Wildman–Crippen MR) is 105 cm³/mol. The minimum Gasteiger partial charge on any atom is -0.497 e. The van der Waals surface area contributed by atoms with Crippen molar-refractivity contribution in [1.29, 1.82) is 0 Å². The summed E-state index contributed by atoms with van der Waals surface area (Å²) >= 11 is 0. The van der Waals surface area contributed by atoms with Crippen LogP contribution in [0.5, 0.6) is 11.5 Å². The first-order chi connectivity index (χ1) is 12.8. The molecule has 2 rings (SSSR count). The van der Waals surface area contributed by atoms with Gasteiger partial charge in [0.05, 0.1) is 19.8 Å². The molecule has 146 valence electrons. The van der Waals surface area contributed by atoms with Gasteiger partial charge in [0.15, 0.2) is 5.96 Å². The van der Waals surface area contributed by atoms with Crippen molar-refractivity contribution in [3.05, 3.63) is 24.3 Å². The van der Waals surface area contributed by atoms with Gasteiger partial charge >= 0.3 is 0 Å². The van der Waals surface area contributed by atoms with Gasteiger partial charge in [0.25, 0.3) is 0 Å². The van der Waals surface area contributed by atoms with E-state index in [1.807, 2.05) is 24.3 Å². The van der Waals surface area contributed by atoms with E-state index in [2.05, 4.69) is 24.1 Å². The molecule has 1 aromatic rings. The van der Waals surface area contributed by atoms with Crippen molar-refractivity contribution in [1.82, 2.24) is 10.2 Å². The number of nitrogens with zero attached hydrogens (tertiary/aromatic N) is 2. The molecule has 0 atom stereocenters. The third kappa shape index (κ3) is 6.75. The Balaban J connectivity index is 1.74. The molecule has 0 saturated carbocycles. The monoisotopic (exact) mass is 363 g/mol. The molecule has 0 bridgehead atoms. The Kier molecular flexibility index (Phi) is 9.10. The van der Waals surface area contributed by atoms with Gasteiger partial charge in [-0.2, -0.15) is 0 Å². The smallest absolute Gasteiger partial charge is 0.193 e. The van der Waals surface area contributed by atoms with Crippen LogP contribution in [-0.2, 0) is 4.74 Å². The maximum Gasteiger partial charge on any atom is 0.193 e. The van der Waals surface area contributed by atoms with Crippen molar-refractivity contribution < 1.29 is 14.2 Å². The van der Waals surface area contributed by atoms with Crippen LogP contribution in [0.3, 0.4) is 0 Å². The largest absolute Gasteiger partial charge is 0.497 e. The highest BCUT2D eigenvalue weighted by atomic mass is 16.5. The topological polar surface area (TPSA) is 55.3 Å². The van der Waals surface area contributed by atoms with Crippen molar-refractivity contribution >= 4 is 5.96 Å². The Labute approximate surface area is 157 Å². The van der Waals surface area contributed by atoms with E-state index in [1.54, 1.807) is 7.11 Å². The summed E-state index contributed by atoms with van der Waals surface area (Å²) in [5, 5.41) is 3.40. The summed E-state index contributed by atoms with van der Waals surface area (Å²) in [6.07, 6.45) is 3.41. The first-order valence-electron chi connectivity index (χ1n) is 9.68. The molecule has 0 amide bonds. The molecule has 0 unspecified atom stereocenters. The summed E-state index contributed by atoms with van der Waals surface area (Å²) < 4.78 is 16.7. The Hall–Kier alpha value is -1.95. The van der Waals surface area contributed by atoms with Gasteiger partial charge in [0.1, 0.15) is 11.5 Å². The van der Waals surface area contributed by atoms with Crippen LogP contribution in [0.25, 0.3) is 0 Å². The summed E-state index contributed by atoms with van der Waals surface area (Å²) in [7, 11) is 1.66. The Morgan fingerprint density at radius 3 is 2.69 bits per heavy atom. The lowest BCUT2D eigenvalue weighted by Gasteiger charge is -2.34. The number of nitrogens with one attached hydrogen (secondary N) is 1. The SMILES string of the molecule is CCNC(=NCCCOc1cccc(OC)c1)N1CCC(OCC)CC1. The summed E-state index contributed by atoms with van der Waals surface area (Å²) in [5.41, 5.74) is 0. The number of hydrogen-bond donors (Lipinski definition) is 1. The van der Waals surface area contributed by atoms with Gasteiger partial charge in [-0.25, -0.2) is 0 Å². The van der Waals surface area contributed by atoms with Crippen LogP contribution in [-0.4, -0.2) is 63.5 Å². The molecular weight excluding hydrogens is 330 g/mol. The average Bonchev–Trinajstić information content (AvgIpc) is 2.68. The molecule has 1 saturated heterocycles. The van der Waals surface area contributed by atoms with Gasteiger partial charge in [-0.3, -0.25) is 4.99 Å². The molecule has 6 nitrogen and oxygen atoms in total. The van der Waals surface area contributed by atoms with Crippen LogP contribution in [0.4, 0.5) is 0 Å². The lowest BCUT2D eigenvalue weighted by molar-refractivity contribution is 0.0264. The van der Waals surface area contributed by atoms with Gasteiger partial charge in [0.2, 0.25) is 0 Å². The highest BCUT2D eigenvalue weighted by Crippen LogP contribution is 2.19. The zero-order valence-electron chi connectivity index (χ0n) is 16.4. The van der Waals surface area contributed by atoms with E-state index in [0.717, 1.165) is 69.5 Å². The van der Waals surface area contributed by atoms with Crippen molar-refractivity contribution in [2.75, 3.05) is 46.5 Å². The normalized spacial score (nSPS) is 15.8. The number of ether oxygens (including phenoxy) is 3. The summed E-state index contributed by atoms with van der Waals surface area (Å²) in [6.45, 7) is 9.23. The Morgan fingerprint density at radius 2 is 2.00 bits per heavy atom. The molecule has 1 heterocycles. The number of aliphatic imine (C=N–C) groups is 1. The van der Waals surface area contributed by atoms with Crippen LogP contribution in [0.15, 0.2) is 29.3 Å². The zero-order chi connectivity index (χ0) is 18.6. The van der Waals surface area contributed by atoms with Crippen molar-refractivity contribution in [3.8, 4) is 11.5 Å². The number of benzene rings is 1. The third-order valence-electron chi connectivity index (χ3n) is 4.35. The maximum atomic E-state index is 5.78. The Bertz CT molecular complexity index is 543. The molecule has 0 radical (unpaired) electrons. The average molecular weight is 364 g/mol. The molecular formula is C20H33N3O3. The van der Waals surface area contributed by atoms with Crippen LogP contribution in [0.2, 0.25) is 0 Å². The van der Waals surface area contributed by atoms with E-state index < -0.39 is 0 Å². The van der Waals surface area contributed by atoms with Crippen molar-refractivity contribution in [3.63, 3.8) is 0 Å². The fraction of sp³-hybridized carbons (Fsp3) is 0.650. The molecule has 0 aromatic heterocycles. The molecule has 1 aliphatic rings. The number of methoxy groups -OCH3 is 1. The predicted octanol–water partition coefficient (Wildman–Crippen LogP) is 2.93. The summed E-state index contributed by atoms with van der Waals surface area (Å²) in [6, 6.07) is 7.68. The molecule has 1 fully saturated rings. The molecule has 0 spiro atoms.